The summed E-state index contributed by atoms with van der Waals surface area (Å²) in [6.45, 7) is -0.0898. The number of carbonyl (C=O) groups excluding carboxylic acids is 3. The second-order valence-corrected chi connectivity index (χ2v) is 6.10. The quantitative estimate of drug-likeness (QED) is 0.529. The highest BCUT2D eigenvalue weighted by molar-refractivity contribution is 6.23. The molecule has 9 heteroatoms. The van der Waals surface area contributed by atoms with Crippen LogP contribution >= 0.6 is 0 Å². The molecule has 3 rings (SSSR count). The maximum atomic E-state index is 13.2. The van der Waals surface area contributed by atoms with E-state index in [2.05, 4.69) is 0 Å². The first-order valence-electron chi connectivity index (χ1n) is 8.48. The molecule has 0 aliphatic carbocycles. The van der Waals surface area contributed by atoms with E-state index in [1.165, 1.54) is 43.6 Å². The molecule has 2 aromatic rings. The van der Waals surface area contributed by atoms with Crippen LogP contribution < -0.4 is 4.90 Å². The summed E-state index contributed by atoms with van der Waals surface area (Å²) in [5, 5.41) is 0. The number of amides is 3. The van der Waals surface area contributed by atoms with Crippen molar-refractivity contribution in [1.29, 1.82) is 0 Å². The third kappa shape index (κ3) is 3.80. The molecule has 1 unspecified atom stereocenters. The van der Waals surface area contributed by atoms with Gasteiger partial charge in [0.2, 0.25) is 5.91 Å². The molecule has 1 atom stereocenters. The standard InChI is InChI=1S/C19H19FN2O6/c1-26-17(27-2)11-21(19(25)15-4-3-9-28-15)14-10-16(23)22(18(14)24)13-7-5-12(20)6-8-13/h3-9,14,17H,10-11H2,1-2H3. The number of halogens is 1. The largest absolute Gasteiger partial charge is 0.459 e. The summed E-state index contributed by atoms with van der Waals surface area (Å²) < 4.78 is 28.6. The number of hydrogen-bond acceptors (Lipinski definition) is 6. The van der Waals surface area contributed by atoms with E-state index in [9.17, 15) is 18.8 Å². The SMILES string of the molecule is COC(CN(C(=O)c1ccco1)C1CC(=O)N(c2ccc(F)cc2)C1=O)OC. The van der Waals surface area contributed by atoms with E-state index in [0.29, 0.717) is 0 Å². The van der Waals surface area contributed by atoms with Gasteiger partial charge in [0.05, 0.1) is 24.9 Å². The van der Waals surface area contributed by atoms with Gasteiger partial charge in [0, 0.05) is 14.2 Å². The van der Waals surface area contributed by atoms with Crippen molar-refractivity contribution >= 4 is 23.4 Å². The Morgan fingerprint density at radius 3 is 2.50 bits per heavy atom. The van der Waals surface area contributed by atoms with Gasteiger partial charge in [0.1, 0.15) is 11.9 Å². The van der Waals surface area contributed by atoms with Crippen molar-refractivity contribution in [2.45, 2.75) is 18.8 Å². The van der Waals surface area contributed by atoms with Gasteiger partial charge in [-0.1, -0.05) is 0 Å². The molecular formula is C19H19FN2O6. The van der Waals surface area contributed by atoms with Crippen molar-refractivity contribution in [3.63, 3.8) is 0 Å². The Kier molecular flexibility index (Phi) is 5.86. The highest BCUT2D eigenvalue weighted by Gasteiger charge is 2.45. The summed E-state index contributed by atoms with van der Waals surface area (Å²) in [7, 11) is 2.80. The molecule has 0 N–H and O–H groups in total. The van der Waals surface area contributed by atoms with Crippen molar-refractivity contribution < 1.29 is 32.7 Å². The molecule has 2 heterocycles. The van der Waals surface area contributed by atoms with Gasteiger partial charge < -0.3 is 18.8 Å². The fourth-order valence-corrected chi connectivity index (χ4v) is 3.02. The van der Waals surface area contributed by atoms with Gasteiger partial charge in [-0.25, -0.2) is 9.29 Å². The predicted octanol–water partition coefficient (Wildman–Crippen LogP) is 1.81. The van der Waals surface area contributed by atoms with E-state index in [1.54, 1.807) is 6.07 Å². The summed E-state index contributed by atoms with van der Waals surface area (Å²) in [4.78, 5) is 40.5. The normalized spacial score (nSPS) is 16.9. The average Bonchev–Trinajstić information content (AvgIpc) is 3.32. The molecule has 1 fully saturated rings. The third-order valence-electron chi connectivity index (χ3n) is 4.45. The Morgan fingerprint density at radius 1 is 1.25 bits per heavy atom. The number of methoxy groups -OCH3 is 2. The maximum Gasteiger partial charge on any atom is 0.290 e. The number of hydrogen-bond donors (Lipinski definition) is 0. The number of imide groups is 1. The molecule has 28 heavy (non-hydrogen) atoms. The predicted molar refractivity (Wildman–Crippen MR) is 94.8 cm³/mol. The Labute approximate surface area is 160 Å². The Bertz CT molecular complexity index is 848. The molecule has 3 amide bonds. The molecule has 1 aliphatic heterocycles. The highest BCUT2D eigenvalue weighted by atomic mass is 19.1. The van der Waals surface area contributed by atoms with Crippen molar-refractivity contribution in [1.82, 2.24) is 4.90 Å². The van der Waals surface area contributed by atoms with Crippen LogP contribution in [0.15, 0.2) is 47.1 Å². The van der Waals surface area contributed by atoms with Crippen LogP contribution in [0.4, 0.5) is 10.1 Å². The Balaban J connectivity index is 1.91. The lowest BCUT2D eigenvalue weighted by atomic mass is 10.2. The van der Waals surface area contributed by atoms with Gasteiger partial charge >= 0.3 is 0 Å². The lowest BCUT2D eigenvalue weighted by molar-refractivity contribution is -0.128. The van der Waals surface area contributed by atoms with Crippen LogP contribution in [0.1, 0.15) is 17.0 Å². The maximum absolute atomic E-state index is 13.2. The van der Waals surface area contributed by atoms with E-state index in [4.69, 9.17) is 13.9 Å². The van der Waals surface area contributed by atoms with Crippen LogP contribution in [0.25, 0.3) is 0 Å². The van der Waals surface area contributed by atoms with Gasteiger partial charge in [0.25, 0.3) is 11.8 Å². The Morgan fingerprint density at radius 2 is 1.93 bits per heavy atom. The van der Waals surface area contributed by atoms with Crippen LogP contribution in [-0.2, 0) is 19.1 Å². The number of ether oxygens (including phenoxy) is 2. The zero-order valence-electron chi connectivity index (χ0n) is 15.3. The van der Waals surface area contributed by atoms with Crippen molar-refractivity contribution in [3.05, 3.63) is 54.2 Å². The molecule has 1 aromatic carbocycles. The van der Waals surface area contributed by atoms with Gasteiger partial charge in [-0.15, -0.1) is 0 Å². The monoisotopic (exact) mass is 390 g/mol. The molecule has 148 valence electrons. The molecule has 0 saturated carbocycles. The van der Waals surface area contributed by atoms with Crippen LogP contribution in [0, 0.1) is 5.82 Å². The second kappa shape index (κ2) is 8.32. The summed E-state index contributed by atoms with van der Waals surface area (Å²) in [5.41, 5.74) is 0.235. The van der Waals surface area contributed by atoms with Gasteiger partial charge in [-0.3, -0.25) is 14.4 Å². The minimum absolute atomic E-state index is 0.0198. The number of nitrogens with zero attached hydrogens (tertiary/aromatic N) is 2. The zero-order chi connectivity index (χ0) is 20.3. The average molecular weight is 390 g/mol. The molecule has 0 bridgehead atoms. The fraction of sp³-hybridized carbons (Fsp3) is 0.316. The number of anilines is 1. The summed E-state index contributed by atoms with van der Waals surface area (Å²) in [6, 6.07) is 6.91. The molecule has 0 radical (unpaired) electrons. The van der Waals surface area contributed by atoms with E-state index in [1.807, 2.05) is 0 Å². The van der Waals surface area contributed by atoms with Gasteiger partial charge in [-0.05, 0) is 36.4 Å². The van der Waals surface area contributed by atoms with Gasteiger partial charge in [-0.2, -0.15) is 0 Å². The third-order valence-corrected chi connectivity index (χ3v) is 4.45. The number of furan rings is 1. The van der Waals surface area contributed by atoms with Crippen LogP contribution in [0.2, 0.25) is 0 Å². The highest BCUT2D eigenvalue weighted by Crippen LogP contribution is 2.27. The number of benzene rings is 1. The molecule has 1 aliphatic rings. The summed E-state index contributed by atoms with van der Waals surface area (Å²) >= 11 is 0. The van der Waals surface area contributed by atoms with Crippen LogP contribution in [0.3, 0.4) is 0 Å². The smallest absolute Gasteiger partial charge is 0.290 e. The molecule has 0 spiro atoms. The van der Waals surface area contributed by atoms with Crippen molar-refractivity contribution in [3.8, 4) is 0 Å². The van der Waals surface area contributed by atoms with E-state index >= 15 is 0 Å². The lowest BCUT2D eigenvalue weighted by Crippen LogP contribution is -2.49. The van der Waals surface area contributed by atoms with E-state index < -0.39 is 35.9 Å². The first-order valence-corrected chi connectivity index (χ1v) is 8.48. The molecule has 8 nitrogen and oxygen atoms in total. The molecular weight excluding hydrogens is 371 g/mol. The number of carbonyl (C=O) groups is 3. The fourth-order valence-electron chi connectivity index (χ4n) is 3.02. The number of rotatable bonds is 7. The second-order valence-electron chi connectivity index (χ2n) is 6.10. The van der Waals surface area contributed by atoms with Gasteiger partial charge in [0.15, 0.2) is 12.1 Å². The first-order chi connectivity index (χ1) is 13.5. The molecule has 1 saturated heterocycles. The van der Waals surface area contributed by atoms with Crippen LogP contribution in [0.5, 0.6) is 0 Å². The minimum atomic E-state index is -1.07. The minimum Gasteiger partial charge on any atom is -0.459 e. The topological polar surface area (TPSA) is 89.3 Å². The molecule has 1 aromatic heterocycles. The van der Waals surface area contributed by atoms with E-state index in [0.717, 1.165) is 17.0 Å². The summed E-state index contributed by atoms with van der Waals surface area (Å²) in [5.74, 6) is -2.13. The van der Waals surface area contributed by atoms with Crippen LogP contribution in [-0.4, -0.2) is 55.7 Å². The Hall–Kier alpha value is -3.04. The first kappa shape index (κ1) is 19.7. The zero-order valence-corrected chi connectivity index (χ0v) is 15.3. The summed E-state index contributed by atoms with van der Waals surface area (Å²) in [6.07, 6.45) is 0.312. The lowest BCUT2D eigenvalue weighted by Gasteiger charge is -2.29. The van der Waals surface area contributed by atoms with Crippen molar-refractivity contribution in [2.24, 2.45) is 0 Å². The van der Waals surface area contributed by atoms with Crippen molar-refractivity contribution in [2.75, 3.05) is 25.7 Å². The van der Waals surface area contributed by atoms with E-state index in [-0.39, 0.29) is 24.4 Å².